The molecule has 0 fully saturated rings. The lowest BCUT2D eigenvalue weighted by Crippen LogP contribution is -1.96. The van der Waals surface area contributed by atoms with Crippen molar-refractivity contribution in [1.82, 2.24) is 15.0 Å². The number of anilines is 2. The maximum absolute atomic E-state index is 5.10. The molecule has 0 aliphatic heterocycles. The van der Waals surface area contributed by atoms with Gasteiger partial charge in [0.2, 0.25) is 5.95 Å². The van der Waals surface area contributed by atoms with Gasteiger partial charge >= 0.3 is 0 Å². The molecule has 0 bridgehead atoms. The molecule has 0 saturated heterocycles. The molecule has 1 aromatic carbocycles. The zero-order chi connectivity index (χ0) is 10.5. The third-order valence-corrected chi connectivity index (χ3v) is 1.82. The van der Waals surface area contributed by atoms with E-state index < -0.39 is 0 Å². The van der Waals surface area contributed by atoms with Crippen LogP contribution in [0.2, 0.25) is 0 Å². The van der Waals surface area contributed by atoms with Gasteiger partial charge in [-0.05, 0) is 12.1 Å². The van der Waals surface area contributed by atoms with E-state index in [4.69, 9.17) is 4.74 Å². The van der Waals surface area contributed by atoms with Crippen LogP contribution in [0.3, 0.4) is 0 Å². The Labute approximate surface area is 87.2 Å². The number of hydrogen-bond donors (Lipinski definition) is 1. The molecule has 5 heteroatoms. The minimum Gasteiger partial charge on any atom is -0.497 e. The van der Waals surface area contributed by atoms with Crippen molar-refractivity contribution in [3.8, 4) is 5.75 Å². The lowest BCUT2D eigenvalue weighted by molar-refractivity contribution is 0.415. The Balaban J connectivity index is 2.17. The first-order chi connectivity index (χ1) is 7.38. The molecular formula is C10H10N4O. The highest BCUT2D eigenvalue weighted by Gasteiger charge is 1.97. The van der Waals surface area contributed by atoms with Crippen molar-refractivity contribution in [2.45, 2.75) is 0 Å². The van der Waals surface area contributed by atoms with Crippen LogP contribution in [0.1, 0.15) is 0 Å². The van der Waals surface area contributed by atoms with Crippen molar-refractivity contribution in [1.29, 1.82) is 0 Å². The molecule has 2 aromatic rings. The highest BCUT2D eigenvalue weighted by atomic mass is 16.5. The first-order valence-corrected chi connectivity index (χ1v) is 4.41. The summed E-state index contributed by atoms with van der Waals surface area (Å²) in [4.78, 5) is 11.6. The van der Waals surface area contributed by atoms with Gasteiger partial charge in [0.05, 0.1) is 7.11 Å². The van der Waals surface area contributed by atoms with Gasteiger partial charge in [-0.1, -0.05) is 6.07 Å². The van der Waals surface area contributed by atoms with Gasteiger partial charge in [0, 0.05) is 11.8 Å². The van der Waals surface area contributed by atoms with E-state index in [1.165, 1.54) is 12.7 Å². The normalized spacial score (nSPS) is 9.67. The smallest absolute Gasteiger partial charge is 0.230 e. The SMILES string of the molecule is COc1cccc(Nc2ncncn2)c1. The van der Waals surface area contributed by atoms with Gasteiger partial charge in [0.15, 0.2) is 0 Å². The Morgan fingerprint density at radius 3 is 2.73 bits per heavy atom. The number of hydrogen-bond acceptors (Lipinski definition) is 5. The summed E-state index contributed by atoms with van der Waals surface area (Å²) in [6.07, 6.45) is 2.88. The maximum atomic E-state index is 5.10. The summed E-state index contributed by atoms with van der Waals surface area (Å²) >= 11 is 0. The molecule has 15 heavy (non-hydrogen) atoms. The number of aromatic nitrogens is 3. The van der Waals surface area contributed by atoms with Crippen LogP contribution in [0.4, 0.5) is 11.6 Å². The van der Waals surface area contributed by atoms with Crippen LogP contribution in [0.25, 0.3) is 0 Å². The van der Waals surface area contributed by atoms with Crippen LogP contribution in [-0.4, -0.2) is 22.1 Å². The van der Waals surface area contributed by atoms with Crippen molar-refractivity contribution < 1.29 is 4.74 Å². The van der Waals surface area contributed by atoms with Crippen LogP contribution >= 0.6 is 0 Å². The van der Waals surface area contributed by atoms with E-state index in [9.17, 15) is 0 Å². The number of nitrogens with one attached hydrogen (secondary N) is 1. The molecule has 1 aromatic heterocycles. The molecule has 0 aliphatic rings. The second-order valence-electron chi connectivity index (χ2n) is 2.82. The lowest BCUT2D eigenvalue weighted by atomic mass is 10.3. The summed E-state index contributed by atoms with van der Waals surface area (Å²) in [6.45, 7) is 0. The first kappa shape index (κ1) is 9.39. The van der Waals surface area contributed by atoms with Gasteiger partial charge in [-0.25, -0.2) is 15.0 Å². The highest BCUT2D eigenvalue weighted by molar-refractivity contribution is 5.55. The van der Waals surface area contributed by atoms with Crippen molar-refractivity contribution in [2.24, 2.45) is 0 Å². The minimum atomic E-state index is 0.512. The summed E-state index contributed by atoms with van der Waals surface area (Å²) in [5, 5.41) is 3.04. The fraction of sp³-hybridized carbons (Fsp3) is 0.100. The third-order valence-electron chi connectivity index (χ3n) is 1.82. The molecule has 0 radical (unpaired) electrons. The van der Waals surface area contributed by atoms with E-state index >= 15 is 0 Å². The van der Waals surface area contributed by atoms with Crippen molar-refractivity contribution in [3.63, 3.8) is 0 Å². The van der Waals surface area contributed by atoms with Gasteiger partial charge in [0.1, 0.15) is 18.4 Å². The second-order valence-corrected chi connectivity index (χ2v) is 2.82. The molecule has 0 aliphatic carbocycles. The van der Waals surface area contributed by atoms with Crippen molar-refractivity contribution in [3.05, 3.63) is 36.9 Å². The highest BCUT2D eigenvalue weighted by Crippen LogP contribution is 2.18. The fourth-order valence-electron chi connectivity index (χ4n) is 1.13. The van der Waals surface area contributed by atoms with Gasteiger partial charge in [-0.15, -0.1) is 0 Å². The van der Waals surface area contributed by atoms with E-state index in [0.29, 0.717) is 5.95 Å². The number of ether oxygens (including phenoxy) is 1. The Morgan fingerprint density at radius 2 is 2.00 bits per heavy atom. The third kappa shape index (κ3) is 2.40. The molecule has 0 amide bonds. The Hall–Kier alpha value is -2.17. The van der Waals surface area contributed by atoms with E-state index in [1.54, 1.807) is 7.11 Å². The Morgan fingerprint density at radius 1 is 1.20 bits per heavy atom. The van der Waals surface area contributed by atoms with Crippen LogP contribution < -0.4 is 10.1 Å². The standard InChI is InChI=1S/C10H10N4O/c1-15-9-4-2-3-8(5-9)14-10-12-6-11-7-13-10/h2-7H,1H3,(H,11,12,13,14). The average Bonchev–Trinajstić information content (AvgIpc) is 2.31. The summed E-state index contributed by atoms with van der Waals surface area (Å²) in [7, 11) is 1.63. The summed E-state index contributed by atoms with van der Waals surface area (Å²) in [6, 6.07) is 7.54. The van der Waals surface area contributed by atoms with E-state index in [2.05, 4.69) is 20.3 Å². The van der Waals surface area contributed by atoms with Crippen molar-refractivity contribution >= 4 is 11.6 Å². The Bertz CT molecular complexity index is 432. The topological polar surface area (TPSA) is 59.9 Å². The summed E-state index contributed by atoms with van der Waals surface area (Å²) < 4.78 is 5.10. The minimum absolute atomic E-state index is 0.512. The first-order valence-electron chi connectivity index (χ1n) is 4.41. The molecule has 0 spiro atoms. The van der Waals surface area contributed by atoms with Gasteiger partial charge < -0.3 is 10.1 Å². The quantitative estimate of drug-likeness (QED) is 0.819. The largest absolute Gasteiger partial charge is 0.497 e. The molecule has 5 nitrogen and oxygen atoms in total. The van der Waals surface area contributed by atoms with Crippen LogP contribution in [-0.2, 0) is 0 Å². The van der Waals surface area contributed by atoms with Gasteiger partial charge in [-0.2, -0.15) is 0 Å². The van der Waals surface area contributed by atoms with Crippen LogP contribution in [0.5, 0.6) is 5.75 Å². The molecule has 1 heterocycles. The molecule has 0 atom stereocenters. The number of nitrogens with zero attached hydrogens (tertiary/aromatic N) is 3. The number of benzene rings is 1. The van der Waals surface area contributed by atoms with Crippen LogP contribution in [0.15, 0.2) is 36.9 Å². The Kier molecular flexibility index (Phi) is 2.73. The molecule has 1 N–H and O–H groups in total. The zero-order valence-electron chi connectivity index (χ0n) is 8.21. The predicted molar refractivity (Wildman–Crippen MR) is 56.1 cm³/mol. The number of rotatable bonds is 3. The molecule has 76 valence electrons. The lowest BCUT2D eigenvalue weighted by Gasteiger charge is -2.05. The van der Waals surface area contributed by atoms with Gasteiger partial charge in [0.25, 0.3) is 0 Å². The van der Waals surface area contributed by atoms with Crippen LogP contribution in [0, 0.1) is 0 Å². The zero-order valence-corrected chi connectivity index (χ0v) is 8.21. The maximum Gasteiger partial charge on any atom is 0.230 e. The molecule has 2 rings (SSSR count). The molecular weight excluding hydrogens is 192 g/mol. The van der Waals surface area contributed by atoms with E-state index in [0.717, 1.165) is 11.4 Å². The number of methoxy groups -OCH3 is 1. The predicted octanol–water partition coefficient (Wildman–Crippen LogP) is 1.62. The summed E-state index contributed by atoms with van der Waals surface area (Å²) in [5.74, 6) is 1.30. The second kappa shape index (κ2) is 4.36. The fourth-order valence-corrected chi connectivity index (χ4v) is 1.13. The van der Waals surface area contributed by atoms with Gasteiger partial charge in [-0.3, -0.25) is 0 Å². The molecule has 0 saturated carbocycles. The van der Waals surface area contributed by atoms with E-state index in [1.807, 2.05) is 24.3 Å². The average molecular weight is 202 g/mol. The van der Waals surface area contributed by atoms with Crippen molar-refractivity contribution in [2.75, 3.05) is 12.4 Å². The summed E-state index contributed by atoms with van der Waals surface area (Å²) in [5.41, 5.74) is 0.876. The monoisotopic (exact) mass is 202 g/mol. The van der Waals surface area contributed by atoms with E-state index in [-0.39, 0.29) is 0 Å². The molecule has 0 unspecified atom stereocenters.